The molecule has 1 N–H and O–H groups in total. The largest absolute Gasteiger partial charge is 0.367 e. The Balaban J connectivity index is 1.89. The van der Waals surface area contributed by atoms with E-state index in [0.717, 1.165) is 17.0 Å². The van der Waals surface area contributed by atoms with Crippen molar-refractivity contribution >= 4 is 29.2 Å². The number of amides is 4. The van der Waals surface area contributed by atoms with Gasteiger partial charge in [0, 0.05) is 37.8 Å². The number of hydrogen-bond acceptors (Lipinski definition) is 6. The standard InChI is InChI=1S/C16H16N4O5/c1-18-14(22)16(13(21)17-15(18)23)8-9-7-10(20(24)25)4-5-11(9)19-6-2-3-12(16)19/h4-5,7,12H,2-3,6,8H2,1H3,(H,17,21,23). The van der Waals surface area contributed by atoms with Crippen molar-refractivity contribution < 1.29 is 19.3 Å². The van der Waals surface area contributed by atoms with E-state index >= 15 is 0 Å². The summed E-state index contributed by atoms with van der Waals surface area (Å²) >= 11 is 0. The quantitative estimate of drug-likeness (QED) is 0.458. The number of imide groups is 2. The van der Waals surface area contributed by atoms with Crippen LogP contribution in [0.25, 0.3) is 0 Å². The van der Waals surface area contributed by atoms with Crippen molar-refractivity contribution in [1.29, 1.82) is 0 Å². The monoisotopic (exact) mass is 344 g/mol. The number of anilines is 1. The van der Waals surface area contributed by atoms with E-state index in [2.05, 4.69) is 5.32 Å². The third-order valence-electron chi connectivity index (χ3n) is 5.49. The zero-order chi connectivity index (χ0) is 17.9. The van der Waals surface area contributed by atoms with Gasteiger partial charge < -0.3 is 4.90 Å². The van der Waals surface area contributed by atoms with Crippen molar-refractivity contribution in [2.45, 2.75) is 25.3 Å². The topological polar surface area (TPSA) is 113 Å². The normalized spacial score (nSPS) is 28.0. The molecule has 3 heterocycles. The summed E-state index contributed by atoms with van der Waals surface area (Å²) in [6.07, 6.45) is 1.51. The fourth-order valence-electron chi connectivity index (χ4n) is 4.32. The molecule has 4 amide bonds. The van der Waals surface area contributed by atoms with Gasteiger partial charge in [-0.2, -0.15) is 0 Å². The Morgan fingerprint density at radius 3 is 2.80 bits per heavy atom. The third kappa shape index (κ3) is 1.92. The van der Waals surface area contributed by atoms with Crippen LogP contribution in [0.1, 0.15) is 18.4 Å². The predicted octanol–water partition coefficient (Wildman–Crippen LogP) is 0.814. The Hall–Kier alpha value is -2.97. The van der Waals surface area contributed by atoms with Crippen molar-refractivity contribution in [3.8, 4) is 0 Å². The van der Waals surface area contributed by atoms with Crippen LogP contribution in [0, 0.1) is 15.5 Å². The summed E-state index contributed by atoms with van der Waals surface area (Å²) in [6, 6.07) is 3.44. The number of carbonyl (C=O) groups excluding carboxylic acids is 3. The molecule has 0 aromatic heterocycles. The second kappa shape index (κ2) is 5.01. The number of hydrogen-bond donors (Lipinski definition) is 1. The molecule has 2 unspecified atom stereocenters. The number of fused-ring (bicyclic) bond motifs is 4. The third-order valence-corrected chi connectivity index (χ3v) is 5.49. The number of rotatable bonds is 1. The molecule has 1 aromatic rings. The average Bonchev–Trinajstić information content (AvgIpc) is 3.08. The summed E-state index contributed by atoms with van der Waals surface area (Å²) in [7, 11) is 1.34. The summed E-state index contributed by atoms with van der Waals surface area (Å²) in [6.45, 7) is 0.662. The smallest absolute Gasteiger partial charge is 0.330 e. The number of urea groups is 1. The Morgan fingerprint density at radius 1 is 1.32 bits per heavy atom. The van der Waals surface area contributed by atoms with Crippen LogP contribution in [0.5, 0.6) is 0 Å². The van der Waals surface area contributed by atoms with Gasteiger partial charge in [-0.05, 0) is 24.5 Å². The minimum absolute atomic E-state index is 0.0491. The van der Waals surface area contributed by atoms with Gasteiger partial charge in [0.1, 0.15) is 0 Å². The molecule has 9 heteroatoms. The Labute approximate surface area is 142 Å². The van der Waals surface area contributed by atoms with E-state index in [1.807, 2.05) is 4.90 Å². The van der Waals surface area contributed by atoms with Crippen molar-refractivity contribution in [2.75, 3.05) is 18.5 Å². The fraction of sp³-hybridized carbons (Fsp3) is 0.438. The first-order chi connectivity index (χ1) is 11.9. The van der Waals surface area contributed by atoms with Crippen LogP contribution >= 0.6 is 0 Å². The van der Waals surface area contributed by atoms with Crippen LogP contribution in [0.2, 0.25) is 0 Å². The molecular weight excluding hydrogens is 328 g/mol. The molecule has 2 saturated heterocycles. The zero-order valence-electron chi connectivity index (χ0n) is 13.5. The number of non-ortho nitro benzene ring substituents is 1. The lowest BCUT2D eigenvalue weighted by Gasteiger charge is -2.48. The van der Waals surface area contributed by atoms with Gasteiger partial charge in [0.25, 0.3) is 5.69 Å². The highest BCUT2D eigenvalue weighted by Crippen LogP contribution is 2.48. The van der Waals surface area contributed by atoms with E-state index in [1.165, 1.54) is 19.2 Å². The van der Waals surface area contributed by atoms with Gasteiger partial charge in [0.2, 0.25) is 11.8 Å². The molecule has 2 atom stereocenters. The molecule has 25 heavy (non-hydrogen) atoms. The molecule has 3 aliphatic rings. The van der Waals surface area contributed by atoms with E-state index in [1.54, 1.807) is 6.07 Å². The Kier molecular flexibility index (Phi) is 3.12. The minimum Gasteiger partial charge on any atom is -0.367 e. The molecule has 0 bridgehead atoms. The number of nitrogens with zero attached hydrogens (tertiary/aromatic N) is 3. The van der Waals surface area contributed by atoms with Crippen molar-refractivity contribution in [3.63, 3.8) is 0 Å². The lowest BCUT2D eigenvalue weighted by atomic mass is 9.68. The number of barbiturate groups is 1. The first-order valence-corrected chi connectivity index (χ1v) is 8.04. The van der Waals surface area contributed by atoms with E-state index in [0.29, 0.717) is 18.5 Å². The first-order valence-electron chi connectivity index (χ1n) is 8.04. The molecule has 9 nitrogen and oxygen atoms in total. The highest BCUT2D eigenvalue weighted by Gasteiger charge is 2.62. The van der Waals surface area contributed by atoms with Crippen LogP contribution in [0.15, 0.2) is 18.2 Å². The molecule has 0 saturated carbocycles. The molecule has 0 aliphatic carbocycles. The SMILES string of the molecule is CN1C(=O)NC(=O)C2(Cc3cc([N+](=O)[O-])ccc3N3CCCC32)C1=O. The van der Waals surface area contributed by atoms with Crippen LogP contribution in [0.4, 0.5) is 16.2 Å². The fourth-order valence-corrected chi connectivity index (χ4v) is 4.32. The van der Waals surface area contributed by atoms with Crippen molar-refractivity contribution in [1.82, 2.24) is 10.2 Å². The summed E-state index contributed by atoms with van der Waals surface area (Å²) in [5, 5.41) is 13.4. The van der Waals surface area contributed by atoms with Gasteiger partial charge >= 0.3 is 6.03 Å². The molecule has 130 valence electrons. The summed E-state index contributed by atoms with van der Waals surface area (Å²) < 4.78 is 0. The minimum atomic E-state index is -1.43. The summed E-state index contributed by atoms with van der Waals surface area (Å²) in [5.74, 6) is -1.16. The maximum absolute atomic E-state index is 13.0. The molecule has 2 fully saturated rings. The summed E-state index contributed by atoms with van der Waals surface area (Å²) in [5.41, 5.74) is -0.112. The maximum Gasteiger partial charge on any atom is 0.330 e. The number of nitro groups is 1. The molecule has 1 aromatic carbocycles. The van der Waals surface area contributed by atoms with Gasteiger partial charge in [0.05, 0.1) is 11.0 Å². The molecule has 1 spiro atoms. The van der Waals surface area contributed by atoms with Crippen LogP contribution < -0.4 is 10.2 Å². The number of nitro benzene ring substituents is 1. The van der Waals surface area contributed by atoms with Crippen LogP contribution in [-0.2, 0) is 16.0 Å². The first kappa shape index (κ1) is 15.6. The second-order valence-corrected chi connectivity index (χ2v) is 6.69. The van der Waals surface area contributed by atoms with Gasteiger partial charge in [-0.3, -0.25) is 29.9 Å². The molecule has 0 radical (unpaired) electrons. The van der Waals surface area contributed by atoms with Gasteiger partial charge in [-0.15, -0.1) is 0 Å². The maximum atomic E-state index is 13.0. The van der Waals surface area contributed by atoms with E-state index in [4.69, 9.17) is 0 Å². The highest BCUT2D eigenvalue weighted by atomic mass is 16.6. The van der Waals surface area contributed by atoms with Crippen molar-refractivity contribution in [2.24, 2.45) is 5.41 Å². The zero-order valence-corrected chi connectivity index (χ0v) is 13.5. The van der Waals surface area contributed by atoms with Crippen LogP contribution in [0.3, 0.4) is 0 Å². The molecular formula is C16H16N4O5. The Bertz CT molecular complexity index is 838. The van der Waals surface area contributed by atoms with Crippen LogP contribution in [-0.4, -0.2) is 47.3 Å². The van der Waals surface area contributed by atoms with E-state index in [-0.39, 0.29) is 18.2 Å². The highest BCUT2D eigenvalue weighted by molar-refractivity contribution is 6.20. The van der Waals surface area contributed by atoms with Gasteiger partial charge in [0.15, 0.2) is 5.41 Å². The lowest BCUT2D eigenvalue weighted by molar-refractivity contribution is -0.384. The number of benzene rings is 1. The average molecular weight is 344 g/mol. The lowest BCUT2D eigenvalue weighted by Crippen LogP contribution is -2.70. The molecule has 3 aliphatic heterocycles. The van der Waals surface area contributed by atoms with E-state index < -0.39 is 28.2 Å². The number of nitrogens with one attached hydrogen (secondary N) is 1. The summed E-state index contributed by atoms with van der Waals surface area (Å²) in [4.78, 5) is 51.0. The Morgan fingerprint density at radius 2 is 2.08 bits per heavy atom. The van der Waals surface area contributed by atoms with Gasteiger partial charge in [-0.1, -0.05) is 0 Å². The second-order valence-electron chi connectivity index (χ2n) is 6.69. The molecule has 4 rings (SSSR count). The van der Waals surface area contributed by atoms with Gasteiger partial charge in [-0.25, -0.2) is 4.79 Å². The van der Waals surface area contributed by atoms with Crippen molar-refractivity contribution in [3.05, 3.63) is 33.9 Å². The predicted molar refractivity (Wildman–Crippen MR) is 85.9 cm³/mol. The van der Waals surface area contributed by atoms with E-state index in [9.17, 15) is 24.5 Å². The number of carbonyl (C=O) groups is 3.